The Bertz CT molecular complexity index is 2500. The first-order valence-electron chi connectivity index (χ1n) is 23.5. The van der Waals surface area contributed by atoms with Crippen molar-refractivity contribution >= 4 is 70.3 Å². The minimum absolute atomic E-state index is 0.00619. The highest BCUT2D eigenvalue weighted by Gasteiger charge is 2.35. The van der Waals surface area contributed by atoms with E-state index < -0.39 is 70.9 Å². The third kappa shape index (κ3) is 16.9. The molecule has 1 aromatic carbocycles. The number of halogens is 1. The van der Waals surface area contributed by atoms with E-state index in [1.165, 1.54) is 28.3 Å². The Labute approximate surface area is 419 Å². The number of hydrogen-bond acceptors (Lipinski definition) is 13. The van der Waals surface area contributed by atoms with E-state index in [1.807, 2.05) is 18.2 Å². The molecule has 0 spiro atoms. The number of unbranched alkanes of at least 4 members (excludes halogenated alkanes) is 1. The van der Waals surface area contributed by atoms with Gasteiger partial charge < -0.3 is 45.7 Å². The summed E-state index contributed by atoms with van der Waals surface area (Å²) in [5, 5.41) is 16.4. The van der Waals surface area contributed by atoms with Crippen molar-refractivity contribution in [2.24, 2.45) is 0 Å². The van der Waals surface area contributed by atoms with E-state index in [1.54, 1.807) is 105 Å². The van der Waals surface area contributed by atoms with Crippen LogP contribution in [0.3, 0.4) is 0 Å². The van der Waals surface area contributed by atoms with Crippen LogP contribution in [-0.4, -0.2) is 111 Å². The molecule has 380 valence electrons. The molecule has 0 bridgehead atoms. The van der Waals surface area contributed by atoms with Gasteiger partial charge in [-0.05, 0) is 129 Å². The number of ether oxygens (including phenoxy) is 3. The number of pyridine rings is 2. The van der Waals surface area contributed by atoms with Gasteiger partial charge in [0.1, 0.15) is 39.1 Å². The summed E-state index contributed by atoms with van der Waals surface area (Å²) in [5.41, 5.74) is 0.374. The molecule has 20 heteroatoms. The second-order valence-electron chi connectivity index (χ2n) is 20.1. The molecule has 1 aliphatic heterocycles. The molecule has 4 heterocycles. The van der Waals surface area contributed by atoms with E-state index in [9.17, 15) is 24.0 Å². The minimum Gasteiger partial charge on any atom is -0.444 e. The Hall–Kier alpha value is -5.92. The van der Waals surface area contributed by atoms with Crippen molar-refractivity contribution in [1.82, 2.24) is 46.0 Å². The number of carbonyl (C=O) groups is 6. The van der Waals surface area contributed by atoms with Crippen molar-refractivity contribution < 1.29 is 43.0 Å². The van der Waals surface area contributed by atoms with Gasteiger partial charge in [-0.2, -0.15) is 0 Å². The summed E-state index contributed by atoms with van der Waals surface area (Å²) in [6.07, 6.45) is 4.67. The summed E-state index contributed by atoms with van der Waals surface area (Å²) in [5.74, 6) is -1.54. The van der Waals surface area contributed by atoms with Gasteiger partial charge in [0.25, 0.3) is 0 Å². The fourth-order valence-electron chi connectivity index (χ4n) is 7.51. The molecule has 4 aromatic rings. The van der Waals surface area contributed by atoms with Crippen LogP contribution < -0.4 is 26.6 Å². The standard InChI is InChI=1S/C50H68ClN9O9S/c1-48(2,3)67-45(64)53-22-14-13-19-36-44(63)59(10)38(25-33-30-60(47(66)69-50(7,8)9)37-21-12-11-18-34(33)37)42(62)57-28-32-26-40(51)56-29-39(32)70-43-31(17-15-23-52-43)27-55-35(41(61)58-36)20-16-24-54-46(65)68-49(4,5)6/h11-12,15,17-18,21,23,26,29-30,35-36,38,55H,13-14,16,19-20,22,24-25,27-28H2,1-10H3,(H,53,64)(H,54,65)(H,57,62)(H,58,61)/t35-,36-,38-/m0/s1. The van der Waals surface area contributed by atoms with Crippen LogP contribution in [0, 0.1) is 0 Å². The Morgan fingerprint density at radius 3 is 2.10 bits per heavy atom. The molecule has 0 saturated heterocycles. The number of amides is 5. The van der Waals surface area contributed by atoms with E-state index in [2.05, 4.69) is 36.6 Å². The molecule has 5 N–H and O–H groups in total. The average molecular weight is 1010 g/mol. The minimum atomic E-state index is -1.17. The smallest absolute Gasteiger partial charge is 0.419 e. The quantitative estimate of drug-likeness (QED) is 0.0554. The number of nitrogens with one attached hydrogen (secondary N) is 5. The number of nitrogens with zero attached hydrogens (tertiary/aromatic N) is 4. The third-order valence-corrected chi connectivity index (χ3v) is 12.1. The van der Waals surface area contributed by atoms with Crippen LogP contribution in [-0.2, 0) is 48.1 Å². The molecule has 18 nitrogen and oxygen atoms in total. The van der Waals surface area contributed by atoms with Gasteiger partial charge in [-0.25, -0.2) is 24.4 Å². The van der Waals surface area contributed by atoms with Crippen LogP contribution in [0.15, 0.2) is 71.0 Å². The fraction of sp³-hybridized carbons (Fsp3) is 0.520. The summed E-state index contributed by atoms with van der Waals surface area (Å²) in [6, 6.07) is 9.40. The van der Waals surface area contributed by atoms with Crippen molar-refractivity contribution in [3.05, 3.63) is 82.9 Å². The van der Waals surface area contributed by atoms with Crippen molar-refractivity contribution in [1.29, 1.82) is 0 Å². The number of carbonyl (C=O) groups excluding carboxylic acids is 6. The molecule has 0 aliphatic carbocycles. The van der Waals surface area contributed by atoms with Gasteiger partial charge in [0.05, 0.1) is 11.6 Å². The summed E-state index contributed by atoms with van der Waals surface area (Å²) in [4.78, 5) is 93.9. The zero-order valence-corrected chi connectivity index (χ0v) is 43.4. The third-order valence-electron chi connectivity index (χ3n) is 10.7. The number of rotatable bonds is 11. The van der Waals surface area contributed by atoms with E-state index >= 15 is 4.79 Å². The van der Waals surface area contributed by atoms with Gasteiger partial charge in [0, 0.05) is 68.5 Å². The fourth-order valence-corrected chi connectivity index (χ4v) is 8.65. The Kier molecular flexibility index (Phi) is 19.1. The maximum atomic E-state index is 15.1. The largest absolute Gasteiger partial charge is 0.444 e. The van der Waals surface area contributed by atoms with Crippen molar-refractivity contribution in [3.8, 4) is 0 Å². The molecule has 70 heavy (non-hydrogen) atoms. The maximum Gasteiger partial charge on any atom is 0.419 e. The maximum absolute atomic E-state index is 15.1. The van der Waals surface area contributed by atoms with Crippen LogP contribution in [0.25, 0.3) is 10.9 Å². The molecule has 0 radical (unpaired) electrons. The Morgan fingerprint density at radius 1 is 0.786 bits per heavy atom. The molecule has 0 fully saturated rings. The zero-order valence-electron chi connectivity index (χ0n) is 41.8. The van der Waals surface area contributed by atoms with Gasteiger partial charge in [-0.1, -0.05) is 47.6 Å². The topological polar surface area (TPSA) is 224 Å². The highest BCUT2D eigenvalue weighted by Crippen LogP contribution is 2.33. The lowest BCUT2D eigenvalue weighted by molar-refractivity contribution is -0.142. The van der Waals surface area contributed by atoms with E-state index in [4.69, 9.17) is 25.8 Å². The predicted molar refractivity (Wildman–Crippen MR) is 267 cm³/mol. The summed E-state index contributed by atoms with van der Waals surface area (Å²) < 4.78 is 17.9. The molecule has 3 aromatic heterocycles. The second-order valence-corrected chi connectivity index (χ2v) is 21.5. The first-order valence-corrected chi connectivity index (χ1v) is 24.7. The monoisotopic (exact) mass is 1010 g/mol. The molecule has 0 unspecified atom stereocenters. The molecule has 1 aliphatic rings. The van der Waals surface area contributed by atoms with Crippen LogP contribution in [0.4, 0.5) is 14.4 Å². The number of benzene rings is 1. The number of hydrogen-bond donors (Lipinski definition) is 5. The first-order chi connectivity index (χ1) is 32.9. The lowest BCUT2D eigenvalue weighted by atomic mass is 10.0. The highest BCUT2D eigenvalue weighted by atomic mass is 35.5. The van der Waals surface area contributed by atoms with Crippen LogP contribution in [0.5, 0.6) is 0 Å². The van der Waals surface area contributed by atoms with Crippen LogP contribution in [0.1, 0.15) is 111 Å². The van der Waals surface area contributed by atoms with Gasteiger partial charge in [0.2, 0.25) is 17.7 Å². The van der Waals surface area contributed by atoms with E-state index in [0.717, 1.165) is 5.56 Å². The molecular formula is C50H68ClN9O9S. The lowest BCUT2D eigenvalue weighted by Gasteiger charge is -2.32. The lowest BCUT2D eigenvalue weighted by Crippen LogP contribution is -2.57. The Morgan fingerprint density at radius 2 is 1.43 bits per heavy atom. The zero-order chi connectivity index (χ0) is 51.4. The van der Waals surface area contributed by atoms with E-state index in [-0.39, 0.29) is 50.6 Å². The Balaban J connectivity index is 1.54. The highest BCUT2D eigenvalue weighted by molar-refractivity contribution is 7.99. The first kappa shape index (κ1) is 55.0. The van der Waals surface area contributed by atoms with Crippen LogP contribution in [0.2, 0.25) is 5.15 Å². The van der Waals surface area contributed by atoms with Gasteiger partial charge in [0.15, 0.2) is 0 Å². The molecule has 0 saturated carbocycles. The normalized spacial score (nSPS) is 17.6. The second kappa shape index (κ2) is 24.3. The summed E-state index contributed by atoms with van der Waals surface area (Å²) >= 11 is 7.77. The summed E-state index contributed by atoms with van der Waals surface area (Å²) in [7, 11) is 1.52. The van der Waals surface area contributed by atoms with Gasteiger partial charge in [-0.15, -0.1) is 0 Å². The van der Waals surface area contributed by atoms with Crippen LogP contribution >= 0.6 is 23.4 Å². The van der Waals surface area contributed by atoms with Crippen molar-refractivity contribution in [2.45, 2.75) is 159 Å². The molecular weight excluding hydrogens is 938 g/mol. The van der Waals surface area contributed by atoms with Crippen molar-refractivity contribution in [2.75, 3.05) is 20.1 Å². The molecule has 5 amide bonds. The number of fused-ring (bicyclic) bond motifs is 3. The average Bonchev–Trinajstić information content (AvgIpc) is 3.63. The predicted octanol–water partition coefficient (Wildman–Crippen LogP) is 7.66. The number of para-hydroxylation sites is 1. The van der Waals surface area contributed by atoms with Crippen molar-refractivity contribution in [3.63, 3.8) is 0 Å². The SMILES string of the molecule is CN1C(=O)[C@H](CCCCNC(=O)OC(C)(C)C)NC(=O)[C@H](CCCNC(=O)OC(C)(C)C)NCc2cccnc2Sc2cnc(Cl)cc2CNC(=O)[C@@H]1Cc1cn(C(=O)OC(C)(C)C)c2ccccc12. The number of likely N-dealkylation sites (N-methyl/N-ethyl adjacent to an activating group) is 1. The van der Waals surface area contributed by atoms with Gasteiger partial charge in [-0.3, -0.25) is 19.0 Å². The van der Waals surface area contributed by atoms with Gasteiger partial charge >= 0.3 is 18.3 Å². The number of aromatic nitrogens is 3. The molecule has 5 rings (SSSR count). The molecule has 3 atom stereocenters. The number of alkyl carbamates (subject to hydrolysis) is 2. The van der Waals surface area contributed by atoms with E-state index in [0.29, 0.717) is 51.2 Å². The summed E-state index contributed by atoms with van der Waals surface area (Å²) in [6.45, 7) is 16.6.